The molecule has 0 atom stereocenters. The number of esters is 2. The highest BCUT2D eigenvalue weighted by Crippen LogP contribution is 2.40. The van der Waals surface area contributed by atoms with Crippen molar-refractivity contribution in [3.63, 3.8) is 0 Å². The maximum atomic E-state index is 12.5. The Morgan fingerprint density at radius 3 is 2.42 bits per heavy atom. The zero-order valence-electron chi connectivity index (χ0n) is 14.4. The number of aromatic hydroxyl groups is 1. The fourth-order valence-corrected chi connectivity index (χ4v) is 2.69. The van der Waals surface area contributed by atoms with E-state index in [4.69, 9.17) is 9.47 Å². The average Bonchev–Trinajstić information content (AvgIpc) is 2.60. The summed E-state index contributed by atoms with van der Waals surface area (Å²) in [6.45, 7) is 3.22. The minimum absolute atomic E-state index is 0.0000435. The van der Waals surface area contributed by atoms with Crippen LogP contribution in [0.4, 0.5) is 5.69 Å². The van der Waals surface area contributed by atoms with E-state index in [-0.39, 0.29) is 34.5 Å². The van der Waals surface area contributed by atoms with Gasteiger partial charge in [-0.2, -0.15) is 0 Å². The maximum absolute atomic E-state index is 12.5. The summed E-state index contributed by atoms with van der Waals surface area (Å²) in [4.78, 5) is 35.5. The van der Waals surface area contributed by atoms with Gasteiger partial charge in [-0.05, 0) is 31.5 Å². The second-order valence-corrected chi connectivity index (χ2v) is 5.32. The van der Waals surface area contributed by atoms with Gasteiger partial charge in [0, 0.05) is 11.6 Å². The third-order valence-corrected chi connectivity index (χ3v) is 3.74. The lowest BCUT2D eigenvalue weighted by Gasteiger charge is -2.17. The first kappa shape index (κ1) is 18.9. The lowest BCUT2D eigenvalue weighted by Crippen LogP contribution is -2.14. The summed E-state index contributed by atoms with van der Waals surface area (Å²) in [6, 6.07) is 6.83. The van der Waals surface area contributed by atoms with Crippen LogP contribution in [0.5, 0.6) is 5.75 Å². The highest BCUT2D eigenvalue weighted by atomic mass is 16.6. The number of methoxy groups -OCH3 is 1. The van der Waals surface area contributed by atoms with E-state index in [1.807, 2.05) is 0 Å². The van der Waals surface area contributed by atoms with Crippen molar-refractivity contribution in [2.24, 2.45) is 0 Å². The number of phenolic OH excluding ortho intramolecular Hbond substituents is 1. The van der Waals surface area contributed by atoms with Crippen LogP contribution in [0, 0.1) is 17.0 Å². The van der Waals surface area contributed by atoms with Gasteiger partial charge in [-0.3, -0.25) is 10.1 Å². The lowest BCUT2D eigenvalue weighted by atomic mass is 9.89. The van der Waals surface area contributed by atoms with Crippen molar-refractivity contribution < 1.29 is 29.1 Å². The number of nitro benzene ring substituents is 1. The molecule has 2 aromatic carbocycles. The Labute approximate surface area is 149 Å². The highest BCUT2D eigenvalue weighted by molar-refractivity contribution is 6.09. The van der Waals surface area contributed by atoms with Crippen LogP contribution in [0.15, 0.2) is 30.3 Å². The molecule has 136 valence electrons. The molecule has 0 aliphatic carbocycles. The van der Waals surface area contributed by atoms with Gasteiger partial charge in [0.2, 0.25) is 0 Å². The predicted molar refractivity (Wildman–Crippen MR) is 92.2 cm³/mol. The molecular weight excluding hydrogens is 342 g/mol. The largest absolute Gasteiger partial charge is 0.507 e. The number of phenols is 1. The Kier molecular flexibility index (Phi) is 5.56. The number of nitrogens with zero attached hydrogens (tertiary/aromatic N) is 1. The van der Waals surface area contributed by atoms with Crippen LogP contribution in [-0.2, 0) is 9.47 Å². The number of nitro groups is 1. The zero-order valence-corrected chi connectivity index (χ0v) is 14.4. The number of para-hydroxylation sites is 1. The molecule has 26 heavy (non-hydrogen) atoms. The Bertz CT molecular complexity index is 889. The monoisotopic (exact) mass is 359 g/mol. The number of hydrogen-bond acceptors (Lipinski definition) is 7. The van der Waals surface area contributed by atoms with Gasteiger partial charge < -0.3 is 14.6 Å². The maximum Gasteiger partial charge on any atom is 0.342 e. The number of benzene rings is 2. The second kappa shape index (κ2) is 7.64. The van der Waals surface area contributed by atoms with Crippen molar-refractivity contribution in [1.82, 2.24) is 0 Å². The van der Waals surface area contributed by atoms with E-state index in [2.05, 4.69) is 0 Å². The van der Waals surface area contributed by atoms with Gasteiger partial charge in [0.25, 0.3) is 5.69 Å². The second-order valence-electron chi connectivity index (χ2n) is 5.32. The van der Waals surface area contributed by atoms with Gasteiger partial charge in [-0.1, -0.05) is 12.1 Å². The highest BCUT2D eigenvalue weighted by Gasteiger charge is 2.31. The Morgan fingerprint density at radius 1 is 1.19 bits per heavy atom. The molecule has 0 aliphatic heterocycles. The molecule has 0 radical (unpaired) electrons. The molecule has 2 aromatic rings. The van der Waals surface area contributed by atoms with Crippen LogP contribution in [-0.4, -0.2) is 35.7 Å². The Morgan fingerprint density at radius 2 is 1.85 bits per heavy atom. The smallest absolute Gasteiger partial charge is 0.342 e. The van der Waals surface area contributed by atoms with Crippen LogP contribution in [0.1, 0.15) is 33.2 Å². The van der Waals surface area contributed by atoms with E-state index in [1.54, 1.807) is 6.92 Å². The first-order valence-electron chi connectivity index (χ1n) is 7.69. The van der Waals surface area contributed by atoms with Crippen molar-refractivity contribution in [3.05, 3.63) is 57.1 Å². The summed E-state index contributed by atoms with van der Waals surface area (Å²) < 4.78 is 9.73. The van der Waals surface area contributed by atoms with Crippen molar-refractivity contribution in [2.45, 2.75) is 13.8 Å². The molecule has 0 saturated carbocycles. The quantitative estimate of drug-likeness (QED) is 0.495. The number of ether oxygens (including phenoxy) is 2. The van der Waals surface area contributed by atoms with E-state index in [0.717, 1.165) is 7.11 Å². The van der Waals surface area contributed by atoms with Crippen LogP contribution in [0.2, 0.25) is 0 Å². The molecule has 0 unspecified atom stereocenters. The van der Waals surface area contributed by atoms with Gasteiger partial charge in [-0.15, -0.1) is 0 Å². The molecule has 0 aromatic heterocycles. The molecular formula is C18H17NO7. The van der Waals surface area contributed by atoms with E-state index >= 15 is 0 Å². The standard InChI is InChI=1S/C18H17NO7/c1-4-26-18(22)14-10(2)9-13(20)16(17(21)25-3)15(14)11-7-5-6-8-12(11)19(23)24/h5-9,20H,4H2,1-3H3. The minimum Gasteiger partial charge on any atom is -0.507 e. The molecule has 0 aliphatic rings. The Hall–Kier alpha value is -3.42. The van der Waals surface area contributed by atoms with Crippen molar-refractivity contribution in [2.75, 3.05) is 13.7 Å². The summed E-state index contributed by atoms with van der Waals surface area (Å²) in [5.74, 6) is -2.14. The summed E-state index contributed by atoms with van der Waals surface area (Å²) in [6.07, 6.45) is 0. The molecule has 1 N–H and O–H groups in total. The van der Waals surface area contributed by atoms with E-state index in [9.17, 15) is 24.8 Å². The minimum atomic E-state index is -0.929. The first-order valence-corrected chi connectivity index (χ1v) is 7.69. The molecule has 0 bridgehead atoms. The SMILES string of the molecule is CCOC(=O)c1c(C)cc(O)c(C(=O)OC)c1-c1ccccc1[N+](=O)[O-]. The normalized spacial score (nSPS) is 10.3. The van der Waals surface area contributed by atoms with Crippen LogP contribution in [0.3, 0.4) is 0 Å². The topological polar surface area (TPSA) is 116 Å². The van der Waals surface area contributed by atoms with Crippen molar-refractivity contribution >= 4 is 17.6 Å². The summed E-state index contributed by atoms with van der Waals surface area (Å²) in [7, 11) is 1.11. The van der Waals surface area contributed by atoms with Crippen LogP contribution in [0.25, 0.3) is 11.1 Å². The molecule has 0 saturated heterocycles. The molecule has 2 rings (SSSR count). The first-order chi connectivity index (χ1) is 12.3. The number of carbonyl (C=O) groups is 2. The van der Waals surface area contributed by atoms with Crippen molar-refractivity contribution in [1.29, 1.82) is 0 Å². The number of aryl methyl sites for hydroxylation is 1. The molecule has 0 heterocycles. The van der Waals surface area contributed by atoms with E-state index < -0.39 is 22.6 Å². The van der Waals surface area contributed by atoms with Gasteiger partial charge in [0.05, 0.1) is 29.8 Å². The predicted octanol–water partition coefficient (Wildman–Crippen LogP) is 3.24. The molecule has 8 heteroatoms. The molecule has 8 nitrogen and oxygen atoms in total. The summed E-state index contributed by atoms with van der Waals surface area (Å²) in [5.41, 5.74) is -0.496. The van der Waals surface area contributed by atoms with Gasteiger partial charge in [-0.25, -0.2) is 9.59 Å². The molecule has 0 amide bonds. The zero-order chi connectivity index (χ0) is 19.4. The summed E-state index contributed by atoms with van der Waals surface area (Å²) in [5, 5.41) is 21.7. The Balaban J connectivity index is 2.99. The average molecular weight is 359 g/mol. The van der Waals surface area contributed by atoms with Crippen molar-refractivity contribution in [3.8, 4) is 16.9 Å². The number of carbonyl (C=O) groups excluding carboxylic acids is 2. The fourth-order valence-electron chi connectivity index (χ4n) is 2.69. The number of rotatable bonds is 5. The third-order valence-electron chi connectivity index (χ3n) is 3.74. The lowest BCUT2D eigenvalue weighted by molar-refractivity contribution is -0.384. The van der Waals surface area contributed by atoms with Gasteiger partial charge >= 0.3 is 11.9 Å². The van der Waals surface area contributed by atoms with Crippen LogP contribution < -0.4 is 0 Å². The van der Waals surface area contributed by atoms with Gasteiger partial charge in [0.15, 0.2) is 0 Å². The third kappa shape index (κ3) is 3.34. The van der Waals surface area contributed by atoms with E-state index in [0.29, 0.717) is 5.56 Å². The van der Waals surface area contributed by atoms with E-state index in [1.165, 1.54) is 37.3 Å². The van der Waals surface area contributed by atoms with Gasteiger partial charge in [0.1, 0.15) is 11.3 Å². The fraction of sp³-hybridized carbons (Fsp3) is 0.222. The molecule has 0 spiro atoms. The molecule has 0 fully saturated rings. The summed E-state index contributed by atoms with van der Waals surface area (Å²) >= 11 is 0. The van der Waals surface area contributed by atoms with Crippen LogP contribution >= 0.6 is 0 Å². The number of hydrogen-bond donors (Lipinski definition) is 1.